The van der Waals surface area contributed by atoms with Crippen LogP contribution in [0.1, 0.15) is 19.8 Å². The van der Waals surface area contributed by atoms with E-state index in [-0.39, 0.29) is 5.91 Å². The summed E-state index contributed by atoms with van der Waals surface area (Å²) in [5.74, 6) is 0.696. The summed E-state index contributed by atoms with van der Waals surface area (Å²) in [6, 6.07) is 24.2. The minimum Gasteiger partial charge on any atom is -0.480 e. The number of amides is 1. The Kier molecular flexibility index (Phi) is 6.90. The highest BCUT2D eigenvalue weighted by Crippen LogP contribution is 2.26. The zero-order valence-electron chi connectivity index (χ0n) is 16.6. The second-order valence-corrected chi connectivity index (χ2v) is 6.89. The Balaban J connectivity index is 1.51. The molecule has 0 saturated heterocycles. The Hall–Kier alpha value is -3.01. The van der Waals surface area contributed by atoms with Crippen LogP contribution in [0.15, 0.2) is 72.8 Å². The van der Waals surface area contributed by atoms with Crippen LogP contribution in [0.4, 0.5) is 5.69 Å². The lowest BCUT2D eigenvalue weighted by Crippen LogP contribution is -2.39. The molecule has 4 heteroatoms. The molecular weight excluding hydrogens is 348 g/mol. The van der Waals surface area contributed by atoms with Crippen molar-refractivity contribution in [3.8, 4) is 5.75 Å². The van der Waals surface area contributed by atoms with Gasteiger partial charge in [-0.05, 0) is 36.4 Å². The molecule has 0 aromatic heterocycles. The molecule has 0 radical (unpaired) electrons. The molecule has 0 aliphatic rings. The molecule has 0 saturated carbocycles. The van der Waals surface area contributed by atoms with E-state index in [1.165, 1.54) is 5.69 Å². The lowest BCUT2D eigenvalue weighted by atomic mass is 10.1. The van der Waals surface area contributed by atoms with Crippen LogP contribution in [-0.4, -0.2) is 32.1 Å². The number of fused-ring (bicyclic) bond motifs is 1. The predicted molar refractivity (Wildman–Crippen MR) is 116 cm³/mol. The first-order valence-corrected chi connectivity index (χ1v) is 9.87. The summed E-state index contributed by atoms with van der Waals surface area (Å²) in [5, 5.41) is 5.16. The maximum Gasteiger partial charge on any atom is 0.261 e. The quantitative estimate of drug-likeness (QED) is 0.553. The van der Waals surface area contributed by atoms with Crippen molar-refractivity contribution in [2.45, 2.75) is 25.9 Å². The first-order chi connectivity index (χ1) is 13.7. The smallest absolute Gasteiger partial charge is 0.261 e. The Labute approximate surface area is 167 Å². The van der Waals surface area contributed by atoms with Crippen LogP contribution in [0, 0.1) is 0 Å². The van der Waals surface area contributed by atoms with E-state index in [2.05, 4.69) is 29.4 Å². The zero-order chi connectivity index (χ0) is 19.8. The maximum absolute atomic E-state index is 12.6. The van der Waals surface area contributed by atoms with Crippen molar-refractivity contribution in [1.29, 1.82) is 0 Å². The summed E-state index contributed by atoms with van der Waals surface area (Å²) >= 11 is 0. The molecule has 146 valence electrons. The summed E-state index contributed by atoms with van der Waals surface area (Å²) < 4.78 is 6.06. The monoisotopic (exact) mass is 376 g/mol. The summed E-state index contributed by atoms with van der Waals surface area (Å²) in [7, 11) is 2.07. The van der Waals surface area contributed by atoms with Gasteiger partial charge in [-0.3, -0.25) is 4.79 Å². The van der Waals surface area contributed by atoms with Gasteiger partial charge in [0.2, 0.25) is 0 Å². The van der Waals surface area contributed by atoms with Crippen LogP contribution in [0.5, 0.6) is 5.75 Å². The van der Waals surface area contributed by atoms with E-state index in [0.717, 1.165) is 29.5 Å². The minimum atomic E-state index is -0.488. The van der Waals surface area contributed by atoms with Gasteiger partial charge < -0.3 is 15.0 Å². The number of hydrogen-bond donors (Lipinski definition) is 1. The van der Waals surface area contributed by atoms with Crippen molar-refractivity contribution in [1.82, 2.24) is 5.32 Å². The molecule has 3 aromatic rings. The van der Waals surface area contributed by atoms with Gasteiger partial charge in [0.1, 0.15) is 5.75 Å². The van der Waals surface area contributed by atoms with Gasteiger partial charge in [0, 0.05) is 31.2 Å². The first kappa shape index (κ1) is 19.7. The molecule has 4 nitrogen and oxygen atoms in total. The summed E-state index contributed by atoms with van der Waals surface area (Å²) in [5.41, 5.74) is 1.18. The van der Waals surface area contributed by atoms with Crippen LogP contribution in [-0.2, 0) is 4.79 Å². The van der Waals surface area contributed by atoms with Crippen molar-refractivity contribution < 1.29 is 9.53 Å². The highest BCUT2D eigenvalue weighted by Gasteiger charge is 2.18. The second kappa shape index (κ2) is 9.79. The topological polar surface area (TPSA) is 41.6 Å². The summed E-state index contributed by atoms with van der Waals surface area (Å²) in [6.07, 6.45) is 1.01. The Morgan fingerprint density at radius 2 is 1.71 bits per heavy atom. The van der Waals surface area contributed by atoms with Crippen LogP contribution >= 0.6 is 0 Å². The van der Waals surface area contributed by atoms with Crippen molar-refractivity contribution >= 4 is 22.4 Å². The number of carbonyl (C=O) groups excluding carboxylic acids is 1. The highest BCUT2D eigenvalue weighted by molar-refractivity contribution is 5.89. The Morgan fingerprint density at radius 3 is 2.50 bits per heavy atom. The summed E-state index contributed by atoms with van der Waals surface area (Å²) in [4.78, 5) is 14.8. The highest BCUT2D eigenvalue weighted by atomic mass is 16.5. The van der Waals surface area contributed by atoms with Crippen LogP contribution < -0.4 is 15.0 Å². The van der Waals surface area contributed by atoms with Gasteiger partial charge in [0.25, 0.3) is 5.91 Å². The maximum atomic E-state index is 12.6. The van der Waals surface area contributed by atoms with E-state index in [1.54, 1.807) is 0 Å². The molecule has 1 N–H and O–H groups in total. The zero-order valence-corrected chi connectivity index (χ0v) is 16.6. The molecule has 0 fully saturated rings. The average molecular weight is 377 g/mol. The fourth-order valence-corrected chi connectivity index (χ4v) is 3.23. The van der Waals surface area contributed by atoms with Gasteiger partial charge in [0.05, 0.1) is 0 Å². The van der Waals surface area contributed by atoms with Crippen molar-refractivity contribution in [2.24, 2.45) is 0 Å². The molecular formula is C24H28N2O2. The third kappa shape index (κ3) is 5.03. The fraction of sp³-hybridized carbons (Fsp3) is 0.292. The van der Waals surface area contributed by atoms with Gasteiger partial charge in [-0.1, -0.05) is 61.5 Å². The van der Waals surface area contributed by atoms with Crippen molar-refractivity contribution in [2.75, 3.05) is 25.0 Å². The Bertz CT molecular complexity index is 890. The SMILES string of the molecule is CCC(Oc1cccc2ccccc12)C(=O)NCCCN(C)c1ccccc1. The lowest BCUT2D eigenvalue weighted by Gasteiger charge is -2.21. The molecule has 0 bridgehead atoms. The third-order valence-corrected chi connectivity index (χ3v) is 4.85. The van der Waals surface area contributed by atoms with Gasteiger partial charge in [-0.15, -0.1) is 0 Å². The summed E-state index contributed by atoms with van der Waals surface area (Å²) in [6.45, 7) is 3.48. The number of nitrogens with zero attached hydrogens (tertiary/aromatic N) is 1. The van der Waals surface area contributed by atoms with Crippen LogP contribution in [0.2, 0.25) is 0 Å². The van der Waals surface area contributed by atoms with Crippen molar-refractivity contribution in [3.63, 3.8) is 0 Å². The van der Waals surface area contributed by atoms with Crippen LogP contribution in [0.3, 0.4) is 0 Å². The molecule has 0 spiro atoms. The number of benzene rings is 3. The Morgan fingerprint density at radius 1 is 1.00 bits per heavy atom. The molecule has 0 aliphatic carbocycles. The van der Waals surface area contributed by atoms with E-state index in [0.29, 0.717) is 13.0 Å². The average Bonchev–Trinajstić information content (AvgIpc) is 2.75. The molecule has 3 aromatic carbocycles. The number of rotatable bonds is 9. The number of para-hydroxylation sites is 1. The van der Waals surface area contributed by atoms with Gasteiger partial charge >= 0.3 is 0 Å². The van der Waals surface area contributed by atoms with Gasteiger partial charge in [0.15, 0.2) is 6.10 Å². The fourth-order valence-electron chi connectivity index (χ4n) is 3.23. The number of hydrogen-bond acceptors (Lipinski definition) is 3. The second-order valence-electron chi connectivity index (χ2n) is 6.89. The standard InChI is InChI=1S/C24H28N2O2/c1-3-22(28-23-16-9-12-19-11-7-8-15-21(19)23)24(27)25-17-10-18-26(2)20-13-5-4-6-14-20/h4-9,11-16,22H,3,10,17-18H2,1-2H3,(H,25,27). The number of nitrogens with one attached hydrogen (secondary N) is 1. The normalized spacial score (nSPS) is 11.8. The lowest BCUT2D eigenvalue weighted by molar-refractivity contribution is -0.128. The third-order valence-electron chi connectivity index (χ3n) is 4.85. The van der Waals surface area contributed by atoms with Gasteiger partial charge in [-0.2, -0.15) is 0 Å². The number of carbonyl (C=O) groups is 1. The largest absolute Gasteiger partial charge is 0.480 e. The number of ether oxygens (including phenoxy) is 1. The predicted octanol–water partition coefficient (Wildman–Crippen LogP) is 4.64. The minimum absolute atomic E-state index is 0.0576. The van der Waals surface area contributed by atoms with E-state index < -0.39 is 6.10 Å². The molecule has 3 rings (SSSR count). The molecule has 28 heavy (non-hydrogen) atoms. The van der Waals surface area contributed by atoms with Gasteiger partial charge in [-0.25, -0.2) is 0 Å². The first-order valence-electron chi connectivity index (χ1n) is 9.87. The molecule has 1 atom stereocenters. The van der Waals surface area contributed by atoms with E-state index in [1.807, 2.05) is 67.6 Å². The molecule has 1 unspecified atom stereocenters. The molecule has 1 amide bonds. The molecule has 0 heterocycles. The van der Waals surface area contributed by atoms with Crippen LogP contribution in [0.25, 0.3) is 10.8 Å². The molecule has 0 aliphatic heterocycles. The van der Waals surface area contributed by atoms with E-state index in [4.69, 9.17) is 4.74 Å². The number of anilines is 1. The van der Waals surface area contributed by atoms with Crippen molar-refractivity contribution in [3.05, 3.63) is 72.8 Å². The van der Waals surface area contributed by atoms with E-state index in [9.17, 15) is 4.79 Å². The van der Waals surface area contributed by atoms with E-state index >= 15 is 0 Å².